The summed E-state index contributed by atoms with van der Waals surface area (Å²) in [5.74, 6) is -1.07. The molecule has 0 spiro atoms. The summed E-state index contributed by atoms with van der Waals surface area (Å²) < 4.78 is 0. The molecule has 2 aromatic carbocycles. The van der Waals surface area contributed by atoms with Gasteiger partial charge in [0.1, 0.15) is 16.7 Å². The predicted octanol–water partition coefficient (Wildman–Crippen LogP) is 3.56. The second kappa shape index (κ2) is 7.87. The zero-order valence-corrected chi connectivity index (χ0v) is 16.1. The molecule has 7 heteroatoms. The highest BCUT2D eigenvalue weighted by molar-refractivity contribution is 8.05. The van der Waals surface area contributed by atoms with Crippen molar-refractivity contribution in [2.24, 2.45) is 5.73 Å². The highest BCUT2D eigenvalue weighted by Gasteiger charge is 2.41. The van der Waals surface area contributed by atoms with Crippen LogP contribution in [0.2, 0.25) is 5.02 Å². The van der Waals surface area contributed by atoms with Crippen molar-refractivity contribution in [3.8, 4) is 6.07 Å². The molecule has 0 bridgehead atoms. The molecule has 0 aromatic heterocycles. The maximum atomic E-state index is 13.2. The standard InChI is InChI=1S/C20H16ClN3O2S/c1-12-6-2-5-9-16(12)24-19(26)17(10-13-7-3-4-8-15(13)21)27-20(24)14(11-22)18(23)25/h2-9,17H,10H2,1H3,(H2,23,25)/b20-14+/t17-/m0/s1. The largest absolute Gasteiger partial charge is 0.365 e. The number of nitrogens with zero attached hydrogens (tertiary/aromatic N) is 2. The van der Waals surface area contributed by atoms with E-state index in [-0.39, 0.29) is 16.5 Å². The van der Waals surface area contributed by atoms with E-state index < -0.39 is 11.2 Å². The van der Waals surface area contributed by atoms with E-state index in [1.54, 1.807) is 18.2 Å². The van der Waals surface area contributed by atoms with Crippen LogP contribution in [0, 0.1) is 18.3 Å². The van der Waals surface area contributed by atoms with Gasteiger partial charge in [0.25, 0.3) is 5.91 Å². The molecule has 1 fully saturated rings. The lowest BCUT2D eigenvalue weighted by Crippen LogP contribution is -2.31. The number of carbonyl (C=O) groups excluding carboxylic acids is 2. The molecule has 1 aliphatic heterocycles. The molecule has 5 nitrogen and oxygen atoms in total. The number of hydrogen-bond acceptors (Lipinski definition) is 4. The van der Waals surface area contributed by atoms with Crippen molar-refractivity contribution in [3.05, 3.63) is 75.3 Å². The molecule has 1 saturated heterocycles. The molecule has 2 N–H and O–H groups in total. The second-order valence-corrected chi connectivity index (χ2v) is 7.62. The quantitative estimate of drug-likeness (QED) is 0.631. The first kappa shape index (κ1) is 19.0. The molecular formula is C20H16ClN3O2S. The zero-order valence-electron chi connectivity index (χ0n) is 14.5. The summed E-state index contributed by atoms with van der Waals surface area (Å²) in [7, 11) is 0. The van der Waals surface area contributed by atoms with E-state index in [1.807, 2.05) is 43.3 Å². The van der Waals surface area contributed by atoms with Gasteiger partial charge < -0.3 is 5.73 Å². The van der Waals surface area contributed by atoms with Crippen molar-refractivity contribution >= 4 is 40.9 Å². The Labute approximate surface area is 166 Å². The van der Waals surface area contributed by atoms with E-state index in [4.69, 9.17) is 17.3 Å². The number of rotatable bonds is 4. The molecule has 136 valence electrons. The third kappa shape index (κ3) is 3.70. The van der Waals surface area contributed by atoms with Crippen LogP contribution in [0.1, 0.15) is 11.1 Å². The smallest absolute Gasteiger partial charge is 0.262 e. The third-order valence-corrected chi connectivity index (χ3v) is 5.88. The molecule has 2 aromatic rings. The van der Waals surface area contributed by atoms with Gasteiger partial charge in [-0.3, -0.25) is 14.5 Å². The van der Waals surface area contributed by atoms with Gasteiger partial charge in [-0.15, -0.1) is 0 Å². The van der Waals surface area contributed by atoms with Gasteiger partial charge in [-0.25, -0.2) is 0 Å². The summed E-state index contributed by atoms with van der Waals surface area (Å²) in [5, 5.41) is 9.74. The number of halogens is 1. The number of benzene rings is 2. The first-order valence-electron chi connectivity index (χ1n) is 8.18. The van der Waals surface area contributed by atoms with E-state index in [2.05, 4.69) is 0 Å². The molecule has 0 aliphatic carbocycles. The Kier molecular flexibility index (Phi) is 5.54. The summed E-state index contributed by atoms with van der Waals surface area (Å²) >= 11 is 7.40. The predicted molar refractivity (Wildman–Crippen MR) is 107 cm³/mol. The Balaban J connectivity index is 2.08. The summed E-state index contributed by atoms with van der Waals surface area (Å²) in [6, 6.07) is 16.4. The van der Waals surface area contributed by atoms with Crippen LogP contribution in [0.3, 0.4) is 0 Å². The number of para-hydroxylation sites is 1. The van der Waals surface area contributed by atoms with Crippen LogP contribution in [0.4, 0.5) is 5.69 Å². The summed E-state index contributed by atoms with van der Waals surface area (Å²) in [6.45, 7) is 1.86. The molecule has 0 radical (unpaired) electrons. The van der Waals surface area contributed by atoms with Crippen LogP contribution >= 0.6 is 23.4 Å². The van der Waals surface area contributed by atoms with Gasteiger partial charge >= 0.3 is 0 Å². The highest BCUT2D eigenvalue weighted by Crippen LogP contribution is 2.43. The number of hydrogen-bond donors (Lipinski definition) is 1. The van der Waals surface area contributed by atoms with Gasteiger partial charge in [-0.2, -0.15) is 5.26 Å². The van der Waals surface area contributed by atoms with Crippen LogP contribution in [0.25, 0.3) is 0 Å². The minimum absolute atomic E-state index is 0.210. The van der Waals surface area contributed by atoms with Crippen LogP contribution < -0.4 is 10.6 Å². The number of aryl methyl sites for hydroxylation is 1. The highest BCUT2D eigenvalue weighted by atomic mass is 35.5. The lowest BCUT2D eigenvalue weighted by molar-refractivity contribution is -0.117. The first-order valence-corrected chi connectivity index (χ1v) is 9.43. The van der Waals surface area contributed by atoms with Gasteiger partial charge in [-0.05, 0) is 36.6 Å². The molecule has 0 saturated carbocycles. The van der Waals surface area contributed by atoms with Crippen molar-refractivity contribution in [3.63, 3.8) is 0 Å². The lowest BCUT2D eigenvalue weighted by atomic mass is 10.1. The fraction of sp³-hybridized carbons (Fsp3) is 0.150. The van der Waals surface area contributed by atoms with Crippen LogP contribution in [0.5, 0.6) is 0 Å². The van der Waals surface area contributed by atoms with E-state index in [1.165, 1.54) is 16.7 Å². The van der Waals surface area contributed by atoms with Crippen molar-refractivity contribution < 1.29 is 9.59 Å². The fourth-order valence-electron chi connectivity index (χ4n) is 2.90. The minimum Gasteiger partial charge on any atom is -0.365 e. The van der Waals surface area contributed by atoms with Gasteiger partial charge in [0, 0.05) is 5.02 Å². The number of nitriles is 1. The molecule has 2 amide bonds. The van der Waals surface area contributed by atoms with Gasteiger partial charge in [0.05, 0.1) is 10.9 Å². The topological polar surface area (TPSA) is 87.2 Å². The normalized spacial score (nSPS) is 18.3. The van der Waals surface area contributed by atoms with Crippen molar-refractivity contribution in [1.82, 2.24) is 0 Å². The summed E-state index contributed by atoms with van der Waals surface area (Å²) in [4.78, 5) is 26.4. The Morgan fingerprint density at radius 1 is 1.26 bits per heavy atom. The average Bonchev–Trinajstić information content (AvgIpc) is 2.94. The number of anilines is 1. The molecule has 1 heterocycles. The van der Waals surface area contributed by atoms with E-state index in [0.717, 1.165) is 11.1 Å². The lowest BCUT2D eigenvalue weighted by Gasteiger charge is -2.20. The third-order valence-electron chi connectivity index (χ3n) is 4.24. The maximum absolute atomic E-state index is 13.2. The molecule has 1 atom stereocenters. The molecule has 0 unspecified atom stereocenters. The SMILES string of the molecule is Cc1ccccc1N1C(=O)[C@H](Cc2ccccc2Cl)S/C1=C(\C#N)C(N)=O. The zero-order chi connectivity index (χ0) is 19.6. The van der Waals surface area contributed by atoms with Crippen molar-refractivity contribution in [2.45, 2.75) is 18.6 Å². The van der Waals surface area contributed by atoms with Gasteiger partial charge in [0.15, 0.2) is 0 Å². The molecule has 3 rings (SSSR count). The van der Waals surface area contributed by atoms with Gasteiger partial charge in [-0.1, -0.05) is 59.8 Å². The Morgan fingerprint density at radius 2 is 1.93 bits per heavy atom. The average molecular weight is 398 g/mol. The number of primary amides is 1. The first-order chi connectivity index (χ1) is 12.9. The molecule has 27 heavy (non-hydrogen) atoms. The number of amides is 2. The fourth-order valence-corrected chi connectivity index (χ4v) is 4.41. The van der Waals surface area contributed by atoms with E-state index >= 15 is 0 Å². The molecule has 1 aliphatic rings. The second-order valence-electron chi connectivity index (χ2n) is 6.02. The van der Waals surface area contributed by atoms with Crippen LogP contribution in [0.15, 0.2) is 59.1 Å². The molecular weight excluding hydrogens is 382 g/mol. The number of thioether (sulfide) groups is 1. The van der Waals surface area contributed by atoms with Crippen molar-refractivity contribution in [1.29, 1.82) is 5.26 Å². The maximum Gasteiger partial charge on any atom is 0.262 e. The summed E-state index contributed by atoms with van der Waals surface area (Å²) in [6.07, 6.45) is 0.381. The Hall–Kier alpha value is -2.75. The summed E-state index contributed by atoms with van der Waals surface area (Å²) in [5.41, 5.74) is 7.46. The Morgan fingerprint density at radius 3 is 2.56 bits per heavy atom. The van der Waals surface area contributed by atoms with Gasteiger partial charge in [0.2, 0.25) is 5.91 Å². The van der Waals surface area contributed by atoms with E-state index in [9.17, 15) is 14.9 Å². The Bertz CT molecular complexity index is 997. The monoisotopic (exact) mass is 397 g/mol. The van der Waals surface area contributed by atoms with Crippen molar-refractivity contribution in [2.75, 3.05) is 4.90 Å². The minimum atomic E-state index is -0.857. The number of nitrogens with two attached hydrogens (primary N) is 1. The number of carbonyl (C=O) groups is 2. The van der Waals surface area contributed by atoms with Crippen LogP contribution in [-0.4, -0.2) is 17.1 Å². The van der Waals surface area contributed by atoms with E-state index in [0.29, 0.717) is 17.1 Å². The van der Waals surface area contributed by atoms with Crippen LogP contribution in [-0.2, 0) is 16.0 Å².